The number of amides is 1. The van der Waals surface area contributed by atoms with E-state index in [0.29, 0.717) is 11.8 Å². The van der Waals surface area contributed by atoms with E-state index in [4.69, 9.17) is 18.5 Å². The van der Waals surface area contributed by atoms with Crippen LogP contribution >= 0.6 is 7.82 Å². The first-order valence-electron chi connectivity index (χ1n) is 18.2. The Labute approximate surface area is 329 Å². The standard InChI is InChI=1S/C36H49FN5O12PSi2/c1-35(2,3)57(7,8)29-32(41-16-14-27(39-33(41)46)38-30(44)22-12-10-9-11-13-22)53-26(36(29,48)15-17-56(4,5)6)21-51-55(49,50)54-24-18-28(52-25(24)20-43)42-19-23(37)31(45)40-34(42)47/h9-14,16,19,24-26,28-29,32,43,48H,18,20-21H2,1-8H3,(H,49,50)(H,40,45,47)(H,38,39,44,46)/t24-,25-,26+,28-,29+,32+,36?/m1/s1. The highest BCUT2D eigenvalue weighted by atomic mass is 31.2. The van der Waals surface area contributed by atoms with E-state index >= 15 is 0 Å². The summed E-state index contributed by atoms with van der Waals surface area (Å²) in [5, 5.41) is 25.0. The fraction of sp³-hybridized carbons (Fsp3) is 0.528. The van der Waals surface area contributed by atoms with E-state index in [1.165, 1.54) is 16.8 Å². The molecular weight excluding hydrogens is 801 g/mol. The van der Waals surface area contributed by atoms with Crippen LogP contribution in [0, 0.1) is 17.3 Å². The van der Waals surface area contributed by atoms with Crippen LogP contribution in [0.3, 0.4) is 0 Å². The zero-order valence-corrected chi connectivity index (χ0v) is 35.8. The molecule has 0 radical (unpaired) electrons. The molecule has 5 N–H and O–H groups in total. The van der Waals surface area contributed by atoms with Crippen LogP contribution in [-0.4, -0.2) is 93.4 Å². The minimum atomic E-state index is -5.09. The van der Waals surface area contributed by atoms with Gasteiger partial charge in [0.05, 0.1) is 27.5 Å². The third kappa shape index (κ3) is 9.71. The number of carbonyl (C=O) groups is 1. The molecular formula is C36H49FN5O12PSi2. The highest BCUT2D eigenvalue weighted by Crippen LogP contribution is 2.59. The number of hydrogen-bond acceptors (Lipinski definition) is 12. The number of benzene rings is 1. The largest absolute Gasteiger partial charge is 0.472 e. The van der Waals surface area contributed by atoms with Crippen molar-refractivity contribution in [3.8, 4) is 11.5 Å². The normalized spacial score (nSPS) is 26.4. The number of phosphoric ester groups is 1. The van der Waals surface area contributed by atoms with Crippen LogP contribution in [0.25, 0.3) is 0 Å². The number of nitrogens with zero attached hydrogens (tertiary/aromatic N) is 3. The number of hydrogen-bond donors (Lipinski definition) is 5. The minimum Gasteiger partial charge on any atom is -0.394 e. The van der Waals surface area contributed by atoms with Gasteiger partial charge in [0.25, 0.3) is 11.5 Å². The first-order chi connectivity index (χ1) is 26.4. The lowest BCUT2D eigenvalue weighted by Gasteiger charge is -2.47. The molecule has 0 spiro atoms. The molecule has 2 fully saturated rings. The predicted molar refractivity (Wildman–Crippen MR) is 211 cm³/mol. The number of nitrogens with one attached hydrogen (secondary N) is 2. The maximum Gasteiger partial charge on any atom is 0.472 e. The highest BCUT2D eigenvalue weighted by molar-refractivity contribution is 7.47. The molecule has 310 valence electrons. The molecule has 2 aromatic heterocycles. The zero-order valence-electron chi connectivity index (χ0n) is 32.9. The molecule has 17 nitrogen and oxygen atoms in total. The molecule has 0 saturated carbocycles. The molecule has 5 rings (SSSR count). The fourth-order valence-electron chi connectivity index (χ4n) is 6.62. The number of aliphatic hydroxyl groups excluding tert-OH is 1. The monoisotopic (exact) mass is 849 g/mol. The molecule has 57 heavy (non-hydrogen) atoms. The van der Waals surface area contributed by atoms with Gasteiger partial charge in [-0.25, -0.2) is 14.2 Å². The molecule has 1 amide bonds. The van der Waals surface area contributed by atoms with E-state index in [1.54, 1.807) is 35.3 Å². The van der Waals surface area contributed by atoms with Crippen molar-refractivity contribution in [3.05, 3.63) is 91.5 Å². The Morgan fingerprint density at radius 3 is 2.39 bits per heavy atom. The Balaban J connectivity index is 1.47. The quantitative estimate of drug-likeness (QED) is 0.106. The maximum absolute atomic E-state index is 14.0. The topological polar surface area (TPSA) is 234 Å². The number of ether oxygens (including phenoxy) is 2. The molecule has 8 atom stereocenters. The van der Waals surface area contributed by atoms with Crippen LogP contribution in [0.5, 0.6) is 0 Å². The highest BCUT2D eigenvalue weighted by Gasteiger charge is 2.64. The number of aliphatic hydroxyl groups is 2. The zero-order chi connectivity index (χ0) is 42.3. The van der Waals surface area contributed by atoms with Crippen LogP contribution in [0.1, 0.15) is 50.0 Å². The molecule has 2 aliphatic rings. The Morgan fingerprint density at radius 1 is 1.12 bits per heavy atom. The number of aromatic nitrogens is 4. The van der Waals surface area contributed by atoms with Gasteiger partial charge in [-0.1, -0.05) is 77.6 Å². The van der Waals surface area contributed by atoms with Crippen molar-refractivity contribution >= 4 is 35.7 Å². The average molecular weight is 850 g/mol. The molecule has 21 heteroatoms. The number of H-pyrrole nitrogens is 1. The van der Waals surface area contributed by atoms with Gasteiger partial charge < -0.3 is 29.9 Å². The summed E-state index contributed by atoms with van der Waals surface area (Å²) in [6.07, 6.45) is -4.87. The van der Waals surface area contributed by atoms with E-state index in [-0.39, 0.29) is 12.2 Å². The van der Waals surface area contributed by atoms with Crippen molar-refractivity contribution in [3.63, 3.8) is 0 Å². The summed E-state index contributed by atoms with van der Waals surface area (Å²) < 4.78 is 52.4. The van der Waals surface area contributed by atoms with Gasteiger partial charge in [0, 0.05) is 23.7 Å². The van der Waals surface area contributed by atoms with Crippen molar-refractivity contribution in [2.75, 3.05) is 18.5 Å². The van der Waals surface area contributed by atoms with E-state index < -0.39 is 113 Å². The number of aromatic amines is 1. The Bertz CT molecular complexity index is 2270. The second-order valence-corrected chi connectivity index (χ2v) is 28.4. The van der Waals surface area contributed by atoms with Gasteiger partial charge in [-0.05, 0) is 23.2 Å². The minimum absolute atomic E-state index is 0.0195. The second-order valence-electron chi connectivity index (χ2n) is 16.7. The first-order valence-corrected chi connectivity index (χ1v) is 26.2. The van der Waals surface area contributed by atoms with Crippen LogP contribution < -0.4 is 22.3 Å². The van der Waals surface area contributed by atoms with Crippen LogP contribution in [0.2, 0.25) is 43.3 Å². The number of halogens is 1. The number of phosphoric acid groups is 1. The Morgan fingerprint density at radius 2 is 1.79 bits per heavy atom. The van der Waals surface area contributed by atoms with E-state index in [0.717, 1.165) is 4.57 Å². The lowest BCUT2D eigenvalue weighted by Crippen LogP contribution is -2.55. The Kier molecular flexibility index (Phi) is 12.7. The van der Waals surface area contributed by atoms with Crippen molar-refractivity contribution < 1.29 is 47.4 Å². The van der Waals surface area contributed by atoms with Crippen molar-refractivity contribution in [1.29, 1.82) is 0 Å². The van der Waals surface area contributed by atoms with Gasteiger partial charge >= 0.3 is 19.2 Å². The molecule has 0 aliphatic carbocycles. The van der Waals surface area contributed by atoms with Crippen LogP contribution in [0.15, 0.2) is 63.2 Å². The molecule has 0 bridgehead atoms. The van der Waals surface area contributed by atoms with Gasteiger partial charge in [-0.3, -0.25) is 32.8 Å². The van der Waals surface area contributed by atoms with Crippen LogP contribution in [-0.2, 0) is 23.1 Å². The molecule has 2 unspecified atom stereocenters. The van der Waals surface area contributed by atoms with Crippen LogP contribution in [0.4, 0.5) is 10.2 Å². The maximum atomic E-state index is 14.0. The number of rotatable bonds is 11. The molecule has 3 aromatic rings. The lowest BCUT2D eigenvalue weighted by atomic mass is 9.95. The summed E-state index contributed by atoms with van der Waals surface area (Å²) in [5.41, 5.74) is -2.41. The summed E-state index contributed by atoms with van der Waals surface area (Å²) in [6.45, 7) is 14.5. The van der Waals surface area contributed by atoms with E-state index in [9.17, 15) is 43.2 Å². The SMILES string of the molecule is CC(C)(C)[Si](C)(C)[C@H]1[C@@H](n2ccc(NC(=O)c3ccccc3)nc2=O)O[C@@H](COP(=O)(O)O[C@@H]2C[C@H](n3cc(F)c(=O)[nH]c3=O)O[C@@H]2CO)C1(O)C#C[Si](C)(C)C. The van der Waals surface area contributed by atoms with Gasteiger partial charge in [-0.2, -0.15) is 9.37 Å². The van der Waals surface area contributed by atoms with E-state index in [1.807, 2.05) is 53.5 Å². The average Bonchev–Trinajstić information content (AvgIpc) is 3.65. The third-order valence-electron chi connectivity index (χ3n) is 10.5. The summed E-state index contributed by atoms with van der Waals surface area (Å²) in [7, 11) is -10.1. The summed E-state index contributed by atoms with van der Waals surface area (Å²) in [4.78, 5) is 67.3. The van der Waals surface area contributed by atoms with Gasteiger partial charge in [0.2, 0.25) is 5.82 Å². The predicted octanol–water partition coefficient (Wildman–Crippen LogP) is 3.35. The van der Waals surface area contributed by atoms with Gasteiger partial charge in [0.1, 0.15) is 44.7 Å². The summed E-state index contributed by atoms with van der Waals surface area (Å²) >= 11 is 0. The fourth-order valence-corrected chi connectivity index (χ4v) is 11.4. The number of carbonyl (C=O) groups excluding carboxylic acids is 1. The summed E-state index contributed by atoms with van der Waals surface area (Å²) in [6, 6.07) is 9.79. The third-order valence-corrected chi connectivity index (χ3v) is 18.6. The van der Waals surface area contributed by atoms with Crippen molar-refractivity contribution in [2.24, 2.45) is 0 Å². The first kappa shape index (κ1) is 44.2. The lowest BCUT2D eigenvalue weighted by molar-refractivity contribution is -0.0681. The van der Waals surface area contributed by atoms with Gasteiger partial charge in [-0.15, -0.1) is 5.54 Å². The number of anilines is 1. The molecule has 2 saturated heterocycles. The van der Waals surface area contributed by atoms with E-state index in [2.05, 4.69) is 21.8 Å². The van der Waals surface area contributed by atoms with Crippen molar-refractivity contribution in [2.45, 2.75) is 107 Å². The molecule has 1 aromatic carbocycles. The van der Waals surface area contributed by atoms with Crippen molar-refractivity contribution in [1.82, 2.24) is 19.1 Å². The molecule has 4 heterocycles. The second kappa shape index (κ2) is 16.4. The molecule has 2 aliphatic heterocycles. The smallest absolute Gasteiger partial charge is 0.394 e. The van der Waals surface area contributed by atoms with Gasteiger partial charge in [0.15, 0.2) is 5.60 Å². The Hall–Kier alpha value is -3.88. The summed E-state index contributed by atoms with van der Waals surface area (Å²) in [5.74, 6) is 1.28.